The molecule has 0 bridgehead atoms. The molecule has 2 fully saturated rings. The van der Waals surface area contributed by atoms with E-state index in [0.29, 0.717) is 12.3 Å². The van der Waals surface area contributed by atoms with Crippen LogP contribution >= 0.6 is 0 Å². The van der Waals surface area contributed by atoms with Crippen LogP contribution < -0.4 is 0 Å². The fourth-order valence-corrected chi connectivity index (χ4v) is 5.81. The molecule has 30 heavy (non-hydrogen) atoms. The summed E-state index contributed by atoms with van der Waals surface area (Å²) < 4.78 is 14.4. The third-order valence-corrected chi connectivity index (χ3v) is 7.50. The number of halogens is 1. The van der Waals surface area contributed by atoms with Gasteiger partial charge >= 0.3 is 0 Å². The van der Waals surface area contributed by atoms with Gasteiger partial charge in [-0.1, -0.05) is 54.6 Å². The van der Waals surface area contributed by atoms with Crippen molar-refractivity contribution in [2.75, 3.05) is 0 Å². The Morgan fingerprint density at radius 1 is 0.933 bits per heavy atom. The number of allylic oxidation sites excluding steroid dienone is 3. The second-order valence-corrected chi connectivity index (χ2v) is 9.38. The maximum atomic E-state index is 14.4. The first-order valence-corrected chi connectivity index (χ1v) is 11.8. The minimum Gasteiger partial charge on any atom is -0.207 e. The van der Waals surface area contributed by atoms with Crippen LogP contribution in [-0.2, 0) is 6.42 Å². The van der Waals surface area contributed by atoms with Crippen LogP contribution in [-0.4, -0.2) is 0 Å². The number of benzene rings is 2. The van der Waals surface area contributed by atoms with Gasteiger partial charge in [0.2, 0.25) is 0 Å². The minimum atomic E-state index is -0.106. The average molecular weight is 403 g/mol. The molecule has 0 nitrogen and oxygen atoms in total. The fraction of sp³-hybridized carbons (Fsp3) is 0.448. The van der Waals surface area contributed by atoms with Gasteiger partial charge in [-0.2, -0.15) is 0 Å². The van der Waals surface area contributed by atoms with E-state index < -0.39 is 0 Å². The van der Waals surface area contributed by atoms with Crippen molar-refractivity contribution in [1.82, 2.24) is 0 Å². The van der Waals surface area contributed by atoms with Crippen LogP contribution in [0.1, 0.15) is 68.9 Å². The lowest BCUT2D eigenvalue weighted by atomic mass is 9.64. The summed E-state index contributed by atoms with van der Waals surface area (Å²) in [5, 5.41) is 0. The Morgan fingerprint density at radius 2 is 1.67 bits per heavy atom. The second-order valence-electron chi connectivity index (χ2n) is 9.38. The molecule has 158 valence electrons. The van der Waals surface area contributed by atoms with E-state index in [0.717, 1.165) is 40.9 Å². The number of fused-ring (bicyclic) bond motifs is 1. The van der Waals surface area contributed by atoms with E-state index in [2.05, 4.69) is 49.9 Å². The highest BCUT2D eigenvalue weighted by atomic mass is 19.1. The first kappa shape index (κ1) is 21.1. The van der Waals surface area contributed by atoms with Gasteiger partial charge in [-0.05, 0) is 110 Å². The third kappa shape index (κ3) is 4.77. The summed E-state index contributed by atoms with van der Waals surface area (Å²) in [6, 6.07) is 14.6. The molecule has 2 aliphatic carbocycles. The molecule has 2 aromatic rings. The summed E-state index contributed by atoms with van der Waals surface area (Å²) in [4.78, 5) is 0. The number of hydrogen-bond acceptors (Lipinski definition) is 0. The predicted octanol–water partition coefficient (Wildman–Crippen LogP) is 8.49. The van der Waals surface area contributed by atoms with E-state index in [1.54, 1.807) is 6.07 Å². The molecule has 4 unspecified atom stereocenters. The molecule has 0 aromatic heterocycles. The summed E-state index contributed by atoms with van der Waals surface area (Å²) in [7, 11) is 0. The van der Waals surface area contributed by atoms with Crippen molar-refractivity contribution in [3.05, 3.63) is 84.2 Å². The van der Waals surface area contributed by atoms with Crippen LogP contribution in [0.25, 0.3) is 11.1 Å². The van der Waals surface area contributed by atoms with E-state index >= 15 is 0 Å². The molecule has 0 saturated heterocycles. The summed E-state index contributed by atoms with van der Waals surface area (Å²) in [6.45, 7) is 5.88. The SMILES string of the molecule is C=CCCc1ccc(-c2ccc(C3CCC4CC(/C=C/C)CCC4C3)cc2)cc1F. The first-order valence-electron chi connectivity index (χ1n) is 11.8. The van der Waals surface area contributed by atoms with Crippen molar-refractivity contribution in [2.45, 2.75) is 64.2 Å². The molecule has 0 amide bonds. The highest BCUT2D eigenvalue weighted by molar-refractivity contribution is 5.64. The van der Waals surface area contributed by atoms with Gasteiger partial charge in [0.25, 0.3) is 0 Å². The lowest BCUT2D eigenvalue weighted by molar-refractivity contribution is 0.133. The molecule has 0 heterocycles. The summed E-state index contributed by atoms with van der Waals surface area (Å²) in [5.41, 5.74) is 4.31. The number of rotatable bonds is 6. The maximum Gasteiger partial charge on any atom is 0.127 e. The Morgan fingerprint density at radius 3 is 2.40 bits per heavy atom. The van der Waals surface area contributed by atoms with Gasteiger partial charge in [-0.3, -0.25) is 0 Å². The topological polar surface area (TPSA) is 0 Å². The van der Waals surface area contributed by atoms with E-state index in [-0.39, 0.29) is 5.82 Å². The van der Waals surface area contributed by atoms with Crippen molar-refractivity contribution in [2.24, 2.45) is 17.8 Å². The molecule has 2 aromatic carbocycles. The molecule has 4 rings (SSSR count). The Hall–Kier alpha value is -2.15. The normalized spacial score (nSPS) is 26.5. The van der Waals surface area contributed by atoms with E-state index in [1.165, 1.54) is 44.1 Å². The molecule has 0 aliphatic heterocycles. The lowest BCUT2D eigenvalue weighted by Gasteiger charge is -2.41. The molecule has 1 heteroatoms. The summed E-state index contributed by atoms with van der Waals surface area (Å²) in [6.07, 6.45) is 16.2. The summed E-state index contributed by atoms with van der Waals surface area (Å²) in [5.74, 6) is 3.23. The van der Waals surface area contributed by atoms with E-state index in [1.807, 2.05) is 18.2 Å². The summed E-state index contributed by atoms with van der Waals surface area (Å²) >= 11 is 0. The minimum absolute atomic E-state index is 0.106. The molecule has 2 aliphatic rings. The van der Waals surface area contributed by atoms with Gasteiger partial charge in [0.1, 0.15) is 5.82 Å². The van der Waals surface area contributed by atoms with Crippen LogP contribution in [0.15, 0.2) is 67.3 Å². The highest BCUT2D eigenvalue weighted by Gasteiger charge is 2.35. The molecular formula is C29H35F. The monoisotopic (exact) mass is 402 g/mol. The van der Waals surface area contributed by atoms with Crippen molar-refractivity contribution in [3.63, 3.8) is 0 Å². The first-order chi connectivity index (χ1) is 14.7. The smallest absolute Gasteiger partial charge is 0.127 e. The van der Waals surface area contributed by atoms with Gasteiger partial charge in [-0.15, -0.1) is 6.58 Å². The standard InChI is InChI=1S/C29H35F/c1-3-5-7-24-14-15-28(20-29(24)30)23-12-10-22(11-13-23)26-17-16-25-18-21(6-4-2)8-9-27(25)19-26/h3-4,6,10-15,20-21,25-27H,1,5,7-9,16-19H2,2H3/b6-4+. The van der Waals surface area contributed by atoms with Crippen LogP contribution in [0.3, 0.4) is 0 Å². The lowest BCUT2D eigenvalue weighted by Crippen LogP contribution is -2.30. The Kier molecular flexibility index (Phi) is 6.87. The highest BCUT2D eigenvalue weighted by Crippen LogP contribution is 2.48. The number of aryl methyl sites for hydroxylation is 1. The molecule has 0 spiro atoms. The zero-order valence-electron chi connectivity index (χ0n) is 18.3. The van der Waals surface area contributed by atoms with Crippen LogP contribution in [0.4, 0.5) is 4.39 Å². The van der Waals surface area contributed by atoms with Gasteiger partial charge < -0.3 is 0 Å². The molecule has 0 radical (unpaired) electrons. The molecule has 2 saturated carbocycles. The zero-order chi connectivity index (χ0) is 20.9. The molecule has 0 N–H and O–H groups in total. The van der Waals surface area contributed by atoms with Crippen molar-refractivity contribution in [3.8, 4) is 11.1 Å². The Balaban J connectivity index is 1.41. The Bertz CT molecular complexity index is 876. The van der Waals surface area contributed by atoms with Crippen molar-refractivity contribution in [1.29, 1.82) is 0 Å². The van der Waals surface area contributed by atoms with E-state index in [9.17, 15) is 4.39 Å². The number of hydrogen-bond donors (Lipinski definition) is 0. The molecule has 4 atom stereocenters. The predicted molar refractivity (Wildman–Crippen MR) is 126 cm³/mol. The Labute approximate surface area is 181 Å². The van der Waals surface area contributed by atoms with Crippen molar-refractivity contribution >= 4 is 0 Å². The maximum absolute atomic E-state index is 14.4. The largest absolute Gasteiger partial charge is 0.207 e. The zero-order valence-corrected chi connectivity index (χ0v) is 18.3. The third-order valence-electron chi connectivity index (χ3n) is 7.50. The van der Waals surface area contributed by atoms with Crippen molar-refractivity contribution < 1.29 is 4.39 Å². The average Bonchev–Trinajstić information content (AvgIpc) is 2.78. The van der Waals surface area contributed by atoms with E-state index in [4.69, 9.17) is 0 Å². The van der Waals surface area contributed by atoms with Gasteiger partial charge in [0.15, 0.2) is 0 Å². The van der Waals surface area contributed by atoms with Crippen LogP contribution in [0.2, 0.25) is 0 Å². The van der Waals surface area contributed by atoms with Crippen LogP contribution in [0, 0.1) is 23.6 Å². The molecular weight excluding hydrogens is 367 g/mol. The van der Waals surface area contributed by atoms with Gasteiger partial charge in [0.05, 0.1) is 0 Å². The fourth-order valence-electron chi connectivity index (χ4n) is 5.81. The second kappa shape index (κ2) is 9.77. The van der Waals surface area contributed by atoms with Crippen LogP contribution in [0.5, 0.6) is 0 Å². The quantitative estimate of drug-likeness (QED) is 0.425. The van der Waals surface area contributed by atoms with Gasteiger partial charge in [-0.25, -0.2) is 4.39 Å². The van der Waals surface area contributed by atoms with Gasteiger partial charge in [0, 0.05) is 0 Å².